The highest BCUT2D eigenvalue weighted by atomic mass is 32.2. The third kappa shape index (κ3) is 4.80. The zero-order chi connectivity index (χ0) is 25.3. The zero-order valence-electron chi connectivity index (χ0n) is 19.3. The summed E-state index contributed by atoms with van der Waals surface area (Å²) in [5, 5.41) is 9.55. The van der Waals surface area contributed by atoms with E-state index in [1.54, 1.807) is 24.3 Å². The Morgan fingerprint density at radius 2 is 1.92 bits per heavy atom. The van der Waals surface area contributed by atoms with Crippen LogP contribution in [-0.4, -0.2) is 50.0 Å². The van der Waals surface area contributed by atoms with Gasteiger partial charge in [-0.25, -0.2) is 13.2 Å². The molecule has 1 atom stereocenters. The van der Waals surface area contributed by atoms with Crippen LogP contribution < -0.4 is 14.8 Å². The number of hydrogen-bond donors (Lipinski definition) is 1. The van der Waals surface area contributed by atoms with Crippen molar-refractivity contribution in [1.29, 1.82) is 0 Å². The number of thiophene rings is 1. The highest BCUT2D eigenvalue weighted by Crippen LogP contribution is 2.38. The van der Waals surface area contributed by atoms with Gasteiger partial charge in [0.25, 0.3) is 5.89 Å². The first-order valence-electron chi connectivity index (χ1n) is 11.3. The highest BCUT2D eigenvalue weighted by molar-refractivity contribution is 7.91. The molecule has 5 rings (SSSR count). The maximum absolute atomic E-state index is 12.8. The van der Waals surface area contributed by atoms with E-state index in [2.05, 4.69) is 15.5 Å². The second-order valence-corrected chi connectivity index (χ2v) is 11.3. The number of anilines is 1. The Hall–Kier alpha value is -3.45. The lowest BCUT2D eigenvalue weighted by Crippen LogP contribution is -2.24. The summed E-state index contributed by atoms with van der Waals surface area (Å²) in [6, 6.07) is 7.01. The first kappa shape index (κ1) is 24.3. The molecule has 0 bridgehead atoms. The number of hydrogen-bond acceptors (Lipinski definition) is 11. The lowest BCUT2D eigenvalue weighted by atomic mass is 10.1. The molecule has 1 amide bonds. The second kappa shape index (κ2) is 9.90. The van der Waals surface area contributed by atoms with Crippen LogP contribution in [0.2, 0.25) is 0 Å². The monoisotopic (exact) mass is 533 g/mol. The molecule has 3 heterocycles. The maximum atomic E-state index is 12.8. The highest BCUT2D eigenvalue weighted by Gasteiger charge is 2.33. The van der Waals surface area contributed by atoms with E-state index in [0.717, 1.165) is 36.1 Å². The molecule has 1 aliphatic heterocycles. The Morgan fingerprint density at radius 1 is 1.14 bits per heavy atom. The zero-order valence-corrected chi connectivity index (χ0v) is 20.9. The molecule has 2 aromatic heterocycles. The van der Waals surface area contributed by atoms with Gasteiger partial charge >= 0.3 is 11.2 Å². The van der Waals surface area contributed by atoms with Crippen molar-refractivity contribution in [2.45, 2.75) is 43.4 Å². The number of methoxy groups -OCH3 is 1. The average Bonchev–Trinajstić information content (AvgIpc) is 3.43. The number of aromatic nitrogens is 2. The molecule has 0 spiro atoms. The van der Waals surface area contributed by atoms with E-state index in [-0.39, 0.29) is 17.5 Å². The van der Waals surface area contributed by atoms with Crippen molar-refractivity contribution in [3.05, 3.63) is 46.2 Å². The normalized spacial score (nSPS) is 17.1. The molecule has 1 unspecified atom stereocenters. The average molecular weight is 534 g/mol. The lowest BCUT2D eigenvalue weighted by Gasteiger charge is -2.23. The van der Waals surface area contributed by atoms with Gasteiger partial charge in [0.05, 0.1) is 12.7 Å². The summed E-state index contributed by atoms with van der Waals surface area (Å²) in [6.45, 7) is 0.0541. The predicted molar refractivity (Wildman–Crippen MR) is 127 cm³/mol. The Morgan fingerprint density at radius 3 is 2.72 bits per heavy atom. The van der Waals surface area contributed by atoms with Crippen molar-refractivity contribution in [1.82, 2.24) is 10.2 Å². The summed E-state index contributed by atoms with van der Waals surface area (Å²) >= 11 is 1.28. The fraction of sp³-hybridized carbons (Fsp3) is 0.391. The molecule has 3 aromatic rings. The van der Waals surface area contributed by atoms with Crippen molar-refractivity contribution < 1.29 is 36.6 Å². The summed E-state index contributed by atoms with van der Waals surface area (Å²) < 4.78 is 47.3. The van der Waals surface area contributed by atoms with Gasteiger partial charge in [0.2, 0.25) is 21.8 Å². The molecule has 2 aliphatic rings. The fourth-order valence-electron chi connectivity index (χ4n) is 4.16. The summed E-state index contributed by atoms with van der Waals surface area (Å²) in [6.07, 6.45) is 3.66. The number of para-hydroxylation sites is 2. The number of nitrogens with one attached hydrogen (secondary N) is 1. The van der Waals surface area contributed by atoms with E-state index in [1.165, 1.54) is 18.4 Å². The van der Waals surface area contributed by atoms with Gasteiger partial charge in [-0.2, -0.15) is 0 Å². The number of benzene rings is 1. The number of carbonyl (C=O) groups is 2. The fourth-order valence-corrected chi connectivity index (χ4v) is 6.38. The van der Waals surface area contributed by atoms with Crippen molar-refractivity contribution in [3.63, 3.8) is 0 Å². The SMILES string of the molecule is COC(=O)c1c(NC(=O)CS(=O)(=O)c2nnc(C3COc4ccccc4O3)o2)sc2c1CCCCC2. The molecule has 13 heteroatoms. The van der Waals surface area contributed by atoms with Crippen LogP contribution in [0.4, 0.5) is 5.00 Å². The van der Waals surface area contributed by atoms with Crippen LogP contribution in [-0.2, 0) is 32.2 Å². The number of amides is 1. The van der Waals surface area contributed by atoms with Gasteiger partial charge in [-0.1, -0.05) is 23.7 Å². The molecule has 0 fully saturated rings. The van der Waals surface area contributed by atoms with Crippen LogP contribution in [0.1, 0.15) is 52.1 Å². The van der Waals surface area contributed by atoms with Crippen LogP contribution in [0, 0.1) is 0 Å². The van der Waals surface area contributed by atoms with Crippen LogP contribution in [0.25, 0.3) is 0 Å². The van der Waals surface area contributed by atoms with Crippen molar-refractivity contribution in [2.24, 2.45) is 0 Å². The smallest absolute Gasteiger partial charge is 0.341 e. The van der Waals surface area contributed by atoms with E-state index < -0.39 is 38.8 Å². The minimum absolute atomic E-state index is 0.0541. The Bertz CT molecular complexity index is 1410. The molecule has 1 aromatic carbocycles. The Kier molecular flexibility index (Phi) is 6.67. The van der Waals surface area contributed by atoms with Crippen LogP contribution in [0.3, 0.4) is 0 Å². The quantitative estimate of drug-likeness (QED) is 0.370. The molecule has 11 nitrogen and oxygen atoms in total. The van der Waals surface area contributed by atoms with Gasteiger partial charge in [0.1, 0.15) is 17.4 Å². The first-order valence-corrected chi connectivity index (χ1v) is 13.8. The minimum atomic E-state index is -4.26. The molecule has 190 valence electrons. The molecule has 0 saturated carbocycles. The van der Waals surface area contributed by atoms with Crippen molar-refractivity contribution in [2.75, 3.05) is 24.8 Å². The predicted octanol–water partition coefficient (Wildman–Crippen LogP) is 3.11. The van der Waals surface area contributed by atoms with E-state index in [9.17, 15) is 18.0 Å². The maximum Gasteiger partial charge on any atom is 0.341 e. The van der Waals surface area contributed by atoms with Gasteiger partial charge < -0.3 is 23.9 Å². The lowest BCUT2D eigenvalue weighted by molar-refractivity contribution is -0.113. The number of aryl methyl sites for hydroxylation is 1. The number of carbonyl (C=O) groups excluding carboxylic acids is 2. The molecule has 0 saturated heterocycles. The molecule has 1 aliphatic carbocycles. The van der Waals surface area contributed by atoms with Gasteiger partial charge in [-0.15, -0.1) is 16.4 Å². The standard InChI is InChI=1S/C23H23N3O8S2/c1-31-22(28)19-13-7-3-2-4-10-17(13)35-21(19)24-18(27)12-36(29,30)23-26-25-20(34-23)16-11-32-14-8-5-6-9-15(14)33-16/h5-6,8-9,16H,2-4,7,10-12H2,1H3,(H,24,27). The summed E-state index contributed by atoms with van der Waals surface area (Å²) in [5.74, 6) is -1.41. The minimum Gasteiger partial charge on any atom is -0.485 e. The number of rotatable bonds is 6. The number of esters is 1. The molecular formula is C23H23N3O8S2. The molecule has 36 heavy (non-hydrogen) atoms. The number of sulfone groups is 1. The van der Waals surface area contributed by atoms with E-state index in [1.807, 2.05) is 0 Å². The van der Waals surface area contributed by atoms with Gasteiger partial charge in [0, 0.05) is 4.88 Å². The topological polar surface area (TPSA) is 147 Å². The summed E-state index contributed by atoms with van der Waals surface area (Å²) in [5.41, 5.74) is 1.15. The van der Waals surface area contributed by atoms with Gasteiger partial charge in [-0.3, -0.25) is 4.79 Å². The largest absolute Gasteiger partial charge is 0.485 e. The van der Waals surface area contributed by atoms with Gasteiger partial charge in [-0.05, 0) is 43.4 Å². The Balaban J connectivity index is 1.30. The second-order valence-electron chi connectivity index (χ2n) is 8.34. The van der Waals surface area contributed by atoms with E-state index in [4.69, 9.17) is 18.6 Å². The number of nitrogens with zero attached hydrogens (tertiary/aromatic N) is 2. The summed E-state index contributed by atoms with van der Waals surface area (Å²) in [7, 11) is -2.99. The van der Waals surface area contributed by atoms with Crippen LogP contribution in [0.5, 0.6) is 11.5 Å². The third-order valence-corrected chi connectivity index (χ3v) is 8.40. The Labute approximate surface area is 210 Å². The van der Waals surface area contributed by atoms with E-state index in [0.29, 0.717) is 23.5 Å². The first-order chi connectivity index (χ1) is 17.4. The third-order valence-electron chi connectivity index (χ3n) is 5.86. The van der Waals surface area contributed by atoms with Crippen molar-refractivity contribution in [3.8, 4) is 11.5 Å². The van der Waals surface area contributed by atoms with E-state index >= 15 is 0 Å². The van der Waals surface area contributed by atoms with Crippen LogP contribution >= 0.6 is 11.3 Å². The number of fused-ring (bicyclic) bond motifs is 2. The molecule has 0 radical (unpaired) electrons. The van der Waals surface area contributed by atoms with Gasteiger partial charge in [0.15, 0.2) is 11.5 Å². The van der Waals surface area contributed by atoms with Crippen LogP contribution in [0.15, 0.2) is 33.9 Å². The summed E-state index contributed by atoms with van der Waals surface area (Å²) in [4.78, 5) is 26.2. The molecular weight excluding hydrogens is 510 g/mol. The van der Waals surface area contributed by atoms with Crippen molar-refractivity contribution >= 4 is 38.1 Å². The molecule has 1 N–H and O–H groups in total. The number of ether oxygens (including phenoxy) is 3.